The summed E-state index contributed by atoms with van der Waals surface area (Å²) in [4.78, 5) is 2.25. The van der Waals surface area contributed by atoms with Gasteiger partial charge >= 0.3 is 0 Å². The topological polar surface area (TPSA) is 29.3 Å². The van der Waals surface area contributed by atoms with Gasteiger partial charge in [-0.05, 0) is 39.3 Å². The van der Waals surface area contributed by atoms with Crippen LogP contribution in [0.15, 0.2) is 0 Å². The Labute approximate surface area is 63.4 Å². The first-order valence-corrected chi connectivity index (χ1v) is 4.09. The Bertz CT molecular complexity index is 101. The van der Waals surface area contributed by atoms with Gasteiger partial charge < -0.3 is 10.6 Å². The van der Waals surface area contributed by atoms with Gasteiger partial charge in [-0.15, -0.1) is 0 Å². The maximum Gasteiger partial charge on any atom is 0.00420 e. The van der Waals surface area contributed by atoms with Crippen molar-refractivity contribution in [3.8, 4) is 0 Å². The Hall–Kier alpha value is -0.0800. The van der Waals surface area contributed by atoms with Gasteiger partial charge in [0.15, 0.2) is 0 Å². The lowest BCUT2D eigenvalue weighted by molar-refractivity contribution is 0.326. The van der Waals surface area contributed by atoms with Crippen molar-refractivity contribution in [1.82, 2.24) is 4.90 Å². The van der Waals surface area contributed by atoms with Crippen molar-refractivity contribution in [2.75, 3.05) is 20.6 Å². The lowest BCUT2D eigenvalue weighted by Crippen LogP contribution is -2.22. The van der Waals surface area contributed by atoms with Crippen molar-refractivity contribution in [2.24, 2.45) is 11.7 Å². The van der Waals surface area contributed by atoms with Crippen LogP contribution in [0.4, 0.5) is 0 Å². The van der Waals surface area contributed by atoms with Crippen molar-refractivity contribution in [3.05, 3.63) is 0 Å². The summed E-state index contributed by atoms with van der Waals surface area (Å²) >= 11 is 0. The molecule has 0 heterocycles. The van der Waals surface area contributed by atoms with Crippen molar-refractivity contribution in [2.45, 2.75) is 25.3 Å². The van der Waals surface area contributed by atoms with E-state index in [1.165, 1.54) is 25.8 Å². The van der Waals surface area contributed by atoms with E-state index in [-0.39, 0.29) is 0 Å². The third-order valence-electron chi connectivity index (χ3n) is 2.21. The predicted molar refractivity (Wildman–Crippen MR) is 43.9 cm³/mol. The maximum atomic E-state index is 5.78. The van der Waals surface area contributed by atoms with Gasteiger partial charge in [-0.25, -0.2) is 0 Å². The van der Waals surface area contributed by atoms with Gasteiger partial charge in [0.25, 0.3) is 0 Å². The Morgan fingerprint density at radius 1 is 1.40 bits per heavy atom. The second-order valence-electron chi connectivity index (χ2n) is 3.70. The van der Waals surface area contributed by atoms with E-state index in [0.29, 0.717) is 6.04 Å². The SMILES string of the molecule is CN(C)C[C@H]1CC[C@@H](N)C1. The van der Waals surface area contributed by atoms with Crippen LogP contribution in [0.25, 0.3) is 0 Å². The molecule has 0 bridgehead atoms. The first-order chi connectivity index (χ1) is 4.68. The molecule has 1 aliphatic rings. The van der Waals surface area contributed by atoms with E-state index in [1.807, 2.05) is 0 Å². The number of nitrogens with zero attached hydrogens (tertiary/aromatic N) is 1. The third kappa shape index (κ3) is 2.27. The zero-order chi connectivity index (χ0) is 7.56. The minimum atomic E-state index is 0.491. The summed E-state index contributed by atoms with van der Waals surface area (Å²) in [6.45, 7) is 1.22. The Kier molecular flexibility index (Phi) is 2.69. The van der Waals surface area contributed by atoms with Crippen LogP contribution in [-0.2, 0) is 0 Å². The van der Waals surface area contributed by atoms with Crippen LogP contribution in [0.2, 0.25) is 0 Å². The van der Waals surface area contributed by atoms with Crippen molar-refractivity contribution in [3.63, 3.8) is 0 Å². The average Bonchev–Trinajstić information content (AvgIpc) is 2.13. The van der Waals surface area contributed by atoms with Gasteiger partial charge in [-0.2, -0.15) is 0 Å². The largest absolute Gasteiger partial charge is 0.328 e. The molecule has 0 amide bonds. The summed E-state index contributed by atoms with van der Waals surface area (Å²) in [5.74, 6) is 0.866. The molecule has 2 heteroatoms. The van der Waals surface area contributed by atoms with E-state index >= 15 is 0 Å². The minimum absolute atomic E-state index is 0.491. The Morgan fingerprint density at radius 2 is 2.10 bits per heavy atom. The van der Waals surface area contributed by atoms with Crippen molar-refractivity contribution in [1.29, 1.82) is 0 Å². The van der Waals surface area contributed by atoms with Gasteiger partial charge in [-0.3, -0.25) is 0 Å². The average molecular weight is 142 g/mol. The molecule has 0 aromatic carbocycles. The highest BCUT2D eigenvalue weighted by molar-refractivity contribution is 4.78. The Balaban J connectivity index is 2.18. The second kappa shape index (κ2) is 3.35. The van der Waals surface area contributed by atoms with Crippen LogP contribution in [0, 0.1) is 5.92 Å². The fourth-order valence-corrected chi connectivity index (χ4v) is 1.80. The number of hydrogen-bond donors (Lipinski definition) is 1. The summed E-state index contributed by atoms with van der Waals surface area (Å²) in [6, 6.07) is 0.491. The molecule has 1 rings (SSSR count). The molecule has 1 aliphatic carbocycles. The van der Waals surface area contributed by atoms with Gasteiger partial charge in [0.2, 0.25) is 0 Å². The van der Waals surface area contributed by atoms with Gasteiger partial charge in [0, 0.05) is 12.6 Å². The minimum Gasteiger partial charge on any atom is -0.328 e. The summed E-state index contributed by atoms with van der Waals surface area (Å²) in [5, 5.41) is 0. The molecule has 10 heavy (non-hydrogen) atoms. The number of hydrogen-bond acceptors (Lipinski definition) is 2. The standard InChI is InChI=1S/C8H18N2/c1-10(2)6-7-3-4-8(9)5-7/h7-8H,3-6,9H2,1-2H3/t7-,8+/m0/s1. The van der Waals surface area contributed by atoms with Crippen LogP contribution in [0.5, 0.6) is 0 Å². The lowest BCUT2D eigenvalue weighted by Gasteiger charge is -2.15. The van der Waals surface area contributed by atoms with Gasteiger partial charge in [0.1, 0.15) is 0 Å². The van der Waals surface area contributed by atoms with E-state index in [4.69, 9.17) is 5.73 Å². The van der Waals surface area contributed by atoms with Crippen molar-refractivity contribution >= 4 is 0 Å². The summed E-state index contributed by atoms with van der Waals surface area (Å²) in [6.07, 6.45) is 3.80. The van der Waals surface area contributed by atoms with Crippen LogP contribution < -0.4 is 5.73 Å². The molecule has 2 atom stereocenters. The maximum absolute atomic E-state index is 5.78. The summed E-state index contributed by atoms with van der Waals surface area (Å²) in [5.41, 5.74) is 5.78. The molecule has 0 unspecified atom stereocenters. The lowest BCUT2D eigenvalue weighted by atomic mass is 10.1. The van der Waals surface area contributed by atoms with Crippen LogP contribution >= 0.6 is 0 Å². The first-order valence-electron chi connectivity index (χ1n) is 4.09. The zero-order valence-corrected chi connectivity index (χ0v) is 7.01. The van der Waals surface area contributed by atoms with Crippen LogP contribution in [0.3, 0.4) is 0 Å². The van der Waals surface area contributed by atoms with Gasteiger partial charge in [0.05, 0.1) is 0 Å². The van der Waals surface area contributed by atoms with Crippen LogP contribution in [-0.4, -0.2) is 31.6 Å². The monoisotopic (exact) mass is 142 g/mol. The van der Waals surface area contributed by atoms with Gasteiger partial charge in [-0.1, -0.05) is 0 Å². The molecule has 0 aliphatic heterocycles. The highest BCUT2D eigenvalue weighted by Gasteiger charge is 2.21. The first kappa shape index (κ1) is 8.02. The predicted octanol–water partition coefficient (Wildman–Crippen LogP) is 0.675. The molecule has 60 valence electrons. The van der Waals surface area contributed by atoms with E-state index in [2.05, 4.69) is 19.0 Å². The third-order valence-corrected chi connectivity index (χ3v) is 2.21. The molecule has 0 spiro atoms. The molecular weight excluding hydrogens is 124 g/mol. The number of rotatable bonds is 2. The van der Waals surface area contributed by atoms with Crippen LogP contribution in [0.1, 0.15) is 19.3 Å². The summed E-state index contributed by atoms with van der Waals surface area (Å²) in [7, 11) is 4.26. The smallest absolute Gasteiger partial charge is 0.00420 e. The quantitative estimate of drug-likeness (QED) is 0.614. The Morgan fingerprint density at radius 3 is 2.50 bits per heavy atom. The normalized spacial score (nSPS) is 33.6. The zero-order valence-electron chi connectivity index (χ0n) is 7.01. The highest BCUT2D eigenvalue weighted by atomic mass is 15.1. The molecule has 0 radical (unpaired) electrons. The molecule has 0 aromatic rings. The number of nitrogens with two attached hydrogens (primary N) is 1. The molecule has 0 aromatic heterocycles. The van der Waals surface area contributed by atoms with Crippen molar-refractivity contribution < 1.29 is 0 Å². The molecule has 2 nitrogen and oxygen atoms in total. The van der Waals surface area contributed by atoms with E-state index in [9.17, 15) is 0 Å². The van der Waals surface area contributed by atoms with E-state index < -0.39 is 0 Å². The summed E-state index contributed by atoms with van der Waals surface area (Å²) < 4.78 is 0. The second-order valence-corrected chi connectivity index (χ2v) is 3.70. The molecule has 2 N–H and O–H groups in total. The molecule has 1 fully saturated rings. The highest BCUT2D eigenvalue weighted by Crippen LogP contribution is 2.23. The fraction of sp³-hybridized carbons (Fsp3) is 1.00. The van der Waals surface area contributed by atoms with E-state index in [1.54, 1.807) is 0 Å². The fourth-order valence-electron chi connectivity index (χ4n) is 1.80. The molecule has 0 saturated heterocycles. The molecule has 1 saturated carbocycles. The van der Waals surface area contributed by atoms with E-state index in [0.717, 1.165) is 5.92 Å². The molecular formula is C8H18N2.